The number of carbonyl (C=O) groups is 1. The third-order valence-electron chi connectivity index (χ3n) is 2.09. The SMILES string of the molecule is CC(=O)Oc1nc(-c2ccc(Cl)cc2)sc1C. The van der Waals surface area contributed by atoms with Gasteiger partial charge in [0.2, 0.25) is 5.88 Å². The number of rotatable bonds is 2. The van der Waals surface area contributed by atoms with E-state index in [9.17, 15) is 4.79 Å². The van der Waals surface area contributed by atoms with Crippen LogP contribution in [0.15, 0.2) is 24.3 Å². The highest BCUT2D eigenvalue weighted by Gasteiger charge is 2.11. The molecule has 0 saturated carbocycles. The number of benzene rings is 1. The summed E-state index contributed by atoms with van der Waals surface area (Å²) in [5, 5.41) is 1.50. The van der Waals surface area contributed by atoms with Crippen LogP contribution in [0.4, 0.5) is 0 Å². The van der Waals surface area contributed by atoms with Crippen LogP contribution in [0, 0.1) is 6.92 Å². The van der Waals surface area contributed by atoms with Gasteiger partial charge in [-0.1, -0.05) is 23.7 Å². The number of nitrogens with zero attached hydrogens (tertiary/aromatic N) is 1. The maximum atomic E-state index is 10.9. The van der Waals surface area contributed by atoms with Crippen LogP contribution in [-0.2, 0) is 4.79 Å². The first kappa shape index (κ1) is 12.1. The highest BCUT2D eigenvalue weighted by atomic mass is 35.5. The fraction of sp³-hybridized carbons (Fsp3) is 0.167. The fourth-order valence-electron chi connectivity index (χ4n) is 1.33. The van der Waals surface area contributed by atoms with E-state index in [1.165, 1.54) is 18.3 Å². The second kappa shape index (κ2) is 4.85. The van der Waals surface area contributed by atoms with E-state index in [2.05, 4.69) is 4.98 Å². The van der Waals surface area contributed by atoms with Gasteiger partial charge in [-0.2, -0.15) is 0 Å². The van der Waals surface area contributed by atoms with Gasteiger partial charge < -0.3 is 4.74 Å². The van der Waals surface area contributed by atoms with Crippen LogP contribution in [0.2, 0.25) is 5.02 Å². The molecule has 0 N–H and O–H groups in total. The number of hydrogen-bond acceptors (Lipinski definition) is 4. The number of hydrogen-bond donors (Lipinski definition) is 0. The van der Waals surface area contributed by atoms with E-state index < -0.39 is 0 Å². The van der Waals surface area contributed by atoms with Crippen molar-refractivity contribution in [2.75, 3.05) is 0 Å². The molecule has 0 atom stereocenters. The van der Waals surface area contributed by atoms with E-state index in [0.717, 1.165) is 15.4 Å². The smallest absolute Gasteiger partial charge is 0.309 e. The average Bonchev–Trinajstić information content (AvgIpc) is 2.60. The van der Waals surface area contributed by atoms with Gasteiger partial charge in [-0.15, -0.1) is 11.3 Å². The van der Waals surface area contributed by atoms with Crippen LogP contribution in [0.25, 0.3) is 10.6 Å². The second-order valence-corrected chi connectivity index (χ2v) is 5.12. The number of ether oxygens (including phenoxy) is 1. The number of thiazole rings is 1. The van der Waals surface area contributed by atoms with Crippen molar-refractivity contribution in [3.63, 3.8) is 0 Å². The largest absolute Gasteiger partial charge is 0.406 e. The monoisotopic (exact) mass is 267 g/mol. The molecular weight excluding hydrogens is 258 g/mol. The van der Waals surface area contributed by atoms with E-state index in [-0.39, 0.29) is 5.97 Å². The molecule has 1 aromatic carbocycles. The highest BCUT2D eigenvalue weighted by molar-refractivity contribution is 7.15. The molecule has 88 valence electrons. The van der Waals surface area contributed by atoms with Crippen molar-refractivity contribution in [3.05, 3.63) is 34.2 Å². The first-order chi connectivity index (χ1) is 8.06. The van der Waals surface area contributed by atoms with E-state index in [1.807, 2.05) is 19.1 Å². The lowest BCUT2D eigenvalue weighted by Gasteiger charge is -1.96. The predicted molar refractivity (Wildman–Crippen MR) is 68.6 cm³/mol. The minimum absolute atomic E-state index is 0.360. The molecule has 1 aromatic heterocycles. The number of aromatic nitrogens is 1. The maximum Gasteiger partial charge on any atom is 0.309 e. The molecular formula is C12H10ClNO2S. The van der Waals surface area contributed by atoms with Crippen molar-refractivity contribution in [2.24, 2.45) is 0 Å². The van der Waals surface area contributed by atoms with Gasteiger partial charge in [-0.05, 0) is 19.1 Å². The first-order valence-electron chi connectivity index (χ1n) is 4.98. The van der Waals surface area contributed by atoms with E-state index in [4.69, 9.17) is 16.3 Å². The van der Waals surface area contributed by atoms with Crippen molar-refractivity contribution < 1.29 is 9.53 Å². The summed E-state index contributed by atoms with van der Waals surface area (Å²) < 4.78 is 5.01. The second-order valence-electron chi connectivity index (χ2n) is 3.48. The van der Waals surface area contributed by atoms with Crippen LogP contribution in [0.3, 0.4) is 0 Å². The summed E-state index contributed by atoms with van der Waals surface area (Å²) in [5.74, 6) is 0.0218. The van der Waals surface area contributed by atoms with Crippen molar-refractivity contribution >= 4 is 28.9 Å². The summed E-state index contributed by atoms with van der Waals surface area (Å²) in [4.78, 5) is 16.0. The molecule has 0 bridgehead atoms. The molecule has 0 saturated heterocycles. The van der Waals surface area contributed by atoms with Crippen LogP contribution in [0.5, 0.6) is 5.88 Å². The lowest BCUT2D eigenvalue weighted by Crippen LogP contribution is -2.02. The third-order valence-corrected chi connectivity index (χ3v) is 3.34. The molecule has 0 amide bonds. The molecule has 0 radical (unpaired) electrons. The van der Waals surface area contributed by atoms with Gasteiger partial charge in [-0.3, -0.25) is 4.79 Å². The Morgan fingerprint density at radius 2 is 2.00 bits per heavy atom. The minimum atomic E-state index is -0.360. The number of esters is 1. The Morgan fingerprint density at radius 3 is 2.59 bits per heavy atom. The lowest BCUT2D eigenvalue weighted by atomic mass is 10.2. The molecule has 0 spiro atoms. The number of carbonyl (C=O) groups excluding carboxylic acids is 1. The van der Waals surface area contributed by atoms with Crippen molar-refractivity contribution in [1.29, 1.82) is 0 Å². The summed E-state index contributed by atoms with van der Waals surface area (Å²) in [6, 6.07) is 7.38. The zero-order chi connectivity index (χ0) is 12.4. The summed E-state index contributed by atoms with van der Waals surface area (Å²) >= 11 is 7.30. The van der Waals surface area contributed by atoms with Gasteiger partial charge in [0.15, 0.2) is 0 Å². The zero-order valence-electron chi connectivity index (χ0n) is 9.36. The van der Waals surface area contributed by atoms with Gasteiger partial charge in [0, 0.05) is 17.5 Å². The molecule has 0 fully saturated rings. The van der Waals surface area contributed by atoms with Crippen molar-refractivity contribution in [1.82, 2.24) is 4.98 Å². The molecule has 17 heavy (non-hydrogen) atoms. The van der Waals surface area contributed by atoms with E-state index >= 15 is 0 Å². The van der Waals surface area contributed by atoms with Gasteiger partial charge >= 0.3 is 5.97 Å². The Balaban J connectivity index is 2.34. The maximum absolute atomic E-state index is 10.9. The van der Waals surface area contributed by atoms with Crippen molar-refractivity contribution in [3.8, 4) is 16.5 Å². The van der Waals surface area contributed by atoms with Crippen LogP contribution in [0.1, 0.15) is 11.8 Å². The molecule has 0 aliphatic carbocycles. The molecule has 1 heterocycles. The van der Waals surface area contributed by atoms with Crippen LogP contribution < -0.4 is 4.74 Å². The lowest BCUT2D eigenvalue weighted by molar-refractivity contribution is -0.132. The number of halogens is 1. The number of aryl methyl sites for hydroxylation is 1. The van der Waals surface area contributed by atoms with Crippen LogP contribution >= 0.6 is 22.9 Å². The Hall–Kier alpha value is -1.39. The van der Waals surface area contributed by atoms with Gasteiger partial charge in [-0.25, -0.2) is 4.98 Å². The molecule has 2 rings (SSSR count). The molecule has 0 aliphatic rings. The Labute approximate surface area is 108 Å². The topological polar surface area (TPSA) is 39.2 Å². The first-order valence-corrected chi connectivity index (χ1v) is 6.17. The molecule has 5 heteroatoms. The van der Waals surface area contributed by atoms with E-state index in [0.29, 0.717) is 10.9 Å². The quantitative estimate of drug-likeness (QED) is 0.779. The molecule has 3 nitrogen and oxygen atoms in total. The molecule has 0 unspecified atom stereocenters. The third kappa shape index (κ3) is 2.84. The van der Waals surface area contributed by atoms with Gasteiger partial charge in [0.05, 0.1) is 4.88 Å². The Kier molecular flexibility index (Phi) is 3.45. The molecule has 0 aliphatic heterocycles. The average molecular weight is 268 g/mol. The van der Waals surface area contributed by atoms with Crippen LogP contribution in [-0.4, -0.2) is 11.0 Å². The summed E-state index contributed by atoms with van der Waals surface area (Å²) in [5.41, 5.74) is 0.959. The van der Waals surface area contributed by atoms with Crippen molar-refractivity contribution in [2.45, 2.75) is 13.8 Å². The summed E-state index contributed by atoms with van der Waals surface area (Å²) in [7, 11) is 0. The fourth-order valence-corrected chi connectivity index (χ4v) is 2.30. The Morgan fingerprint density at radius 1 is 1.35 bits per heavy atom. The van der Waals surface area contributed by atoms with E-state index in [1.54, 1.807) is 12.1 Å². The molecule has 2 aromatic rings. The predicted octanol–water partition coefficient (Wildman–Crippen LogP) is 3.70. The normalized spacial score (nSPS) is 10.3. The van der Waals surface area contributed by atoms with Gasteiger partial charge in [0.1, 0.15) is 5.01 Å². The standard InChI is InChI=1S/C12H10ClNO2S/c1-7-11(16-8(2)15)14-12(17-7)9-3-5-10(13)6-4-9/h3-6H,1-2H3. The highest BCUT2D eigenvalue weighted by Crippen LogP contribution is 2.32. The zero-order valence-corrected chi connectivity index (χ0v) is 10.9. The summed E-state index contributed by atoms with van der Waals surface area (Å²) in [6.07, 6.45) is 0. The Bertz CT molecular complexity index is 548. The minimum Gasteiger partial charge on any atom is -0.406 e. The summed E-state index contributed by atoms with van der Waals surface area (Å²) in [6.45, 7) is 3.23. The van der Waals surface area contributed by atoms with Gasteiger partial charge in [0.25, 0.3) is 0 Å².